The molecular formula is C24H24N8S. The van der Waals surface area contributed by atoms with E-state index in [9.17, 15) is 0 Å². The monoisotopic (exact) mass is 456 g/mol. The number of H-pyrrole nitrogens is 1. The van der Waals surface area contributed by atoms with E-state index in [4.69, 9.17) is 0 Å². The van der Waals surface area contributed by atoms with Crippen LogP contribution in [-0.4, -0.2) is 63.0 Å². The smallest absolute Gasteiger partial charge is 0.229 e. The van der Waals surface area contributed by atoms with Gasteiger partial charge < -0.3 is 20.1 Å². The van der Waals surface area contributed by atoms with Crippen molar-refractivity contribution < 1.29 is 0 Å². The van der Waals surface area contributed by atoms with E-state index in [1.165, 1.54) is 4.70 Å². The Morgan fingerprint density at radius 3 is 2.70 bits per heavy atom. The molecule has 1 saturated heterocycles. The second-order valence-corrected chi connectivity index (χ2v) is 9.63. The fourth-order valence-corrected chi connectivity index (χ4v) is 5.09. The van der Waals surface area contributed by atoms with Crippen molar-refractivity contribution in [1.29, 1.82) is 0 Å². The normalized spacial score (nSPS) is 14.9. The Morgan fingerprint density at radius 2 is 1.88 bits per heavy atom. The summed E-state index contributed by atoms with van der Waals surface area (Å²) in [7, 11) is 2.16. The van der Waals surface area contributed by atoms with E-state index in [0.717, 1.165) is 70.4 Å². The number of aromatic amines is 1. The molecule has 0 bridgehead atoms. The Bertz CT molecular complexity index is 1430. The summed E-state index contributed by atoms with van der Waals surface area (Å²) in [4.78, 5) is 26.4. The topological polar surface area (TPSA) is 85.9 Å². The van der Waals surface area contributed by atoms with Gasteiger partial charge in [0.2, 0.25) is 5.95 Å². The molecule has 1 fully saturated rings. The minimum Gasteiger partial charge on any atom is -0.354 e. The molecule has 0 radical (unpaired) electrons. The molecule has 33 heavy (non-hydrogen) atoms. The highest BCUT2D eigenvalue weighted by atomic mass is 32.1. The zero-order valence-corrected chi connectivity index (χ0v) is 19.4. The number of pyridine rings is 1. The number of aromatic nitrogens is 5. The average molecular weight is 457 g/mol. The van der Waals surface area contributed by atoms with Crippen LogP contribution in [0.3, 0.4) is 0 Å². The number of fused-ring (bicyclic) bond motifs is 2. The van der Waals surface area contributed by atoms with Crippen LogP contribution in [0.15, 0.2) is 48.9 Å². The van der Waals surface area contributed by atoms with Crippen molar-refractivity contribution in [3.8, 4) is 11.1 Å². The van der Waals surface area contributed by atoms with E-state index in [1.807, 2.05) is 31.6 Å². The summed E-state index contributed by atoms with van der Waals surface area (Å²) in [6.07, 6.45) is 5.70. The summed E-state index contributed by atoms with van der Waals surface area (Å²) < 4.78 is 1.19. The van der Waals surface area contributed by atoms with Gasteiger partial charge in [-0.3, -0.25) is 0 Å². The van der Waals surface area contributed by atoms with Gasteiger partial charge in [0.15, 0.2) is 0 Å². The van der Waals surface area contributed by atoms with Gasteiger partial charge in [0.1, 0.15) is 11.5 Å². The van der Waals surface area contributed by atoms with Crippen LogP contribution in [0.25, 0.3) is 32.4 Å². The fourth-order valence-electron chi connectivity index (χ4n) is 4.23. The Hall–Kier alpha value is -3.56. The molecule has 0 aliphatic carbocycles. The van der Waals surface area contributed by atoms with Gasteiger partial charge in [-0.2, -0.15) is 4.98 Å². The van der Waals surface area contributed by atoms with Crippen LogP contribution in [0, 0.1) is 6.92 Å². The van der Waals surface area contributed by atoms with Crippen LogP contribution < -0.4 is 10.2 Å². The van der Waals surface area contributed by atoms with Crippen molar-refractivity contribution in [2.24, 2.45) is 0 Å². The van der Waals surface area contributed by atoms with E-state index in [0.29, 0.717) is 5.95 Å². The lowest BCUT2D eigenvalue weighted by molar-refractivity contribution is 0.312. The molecule has 1 aliphatic rings. The molecule has 166 valence electrons. The lowest BCUT2D eigenvalue weighted by Crippen LogP contribution is -2.44. The molecule has 1 aliphatic heterocycles. The van der Waals surface area contributed by atoms with Crippen LogP contribution in [0.2, 0.25) is 0 Å². The Labute approximate surface area is 195 Å². The molecular weight excluding hydrogens is 432 g/mol. The summed E-state index contributed by atoms with van der Waals surface area (Å²) in [6, 6.07) is 10.4. The van der Waals surface area contributed by atoms with Gasteiger partial charge in [-0.1, -0.05) is 6.07 Å². The van der Waals surface area contributed by atoms with E-state index in [2.05, 4.69) is 71.3 Å². The first kappa shape index (κ1) is 20.1. The van der Waals surface area contributed by atoms with Gasteiger partial charge in [0.05, 0.1) is 27.1 Å². The molecule has 0 spiro atoms. The van der Waals surface area contributed by atoms with Crippen LogP contribution in [0.1, 0.15) is 5.01 Å². The minimum absolute atomic E-state index is 0.540. The second-order valence-electron chi connectivity index (χ2n) is 8.39. The van der Waals surface area contributed by atoms with Crippen molar-refractivity contribution in [1.82, 2.24) is 29.8 Å². The molecule has 0 unspecified atom stereocenters. The molecule has 9 heteroatoms. The third kappa shape index (κ3) is 3.90. The molecule has 5 aromatic rings. The maximum atomic E-state index is 4.67. The number of hydrogen-bond acceptors (Lipinski definition) is 8. The fraction of sp³-hybridized carbons (Fsp3) is 0.250. The SMILES string of the molecule is Cc1nc2ccc(-c3c[nH]c4nc(Nc5ccc(N6CCN(C)CC6)nc5)ncc34)cc2s1. The molecule has 5 heterocycles. The molecule has 8 nitrogen and oxygen atoms in total. The number of aryl methyl sites for hydroxylation is 1. The van der Waals surface area contributed by atoms with Gasteiger partial charge in [-0.05, 0) is 43.8 Å². The number of benzene rings is 1. The Kier molecular flexibility index (Phi) is 4.92. The maximum absolute atomic E-state index is 4.67. The van der Waals surface area contributed by atoms with Gasteiger partial charge in [-0.25, -0.2) is 15.0 Å². The summed E-state index contributed by atoms with van der Waals surface area (Å²) in [5.41, 5.74) is 4.92. The van der Waals surface area contributed by atoms with Crippen LogP contribution in [-0.2, 0) is 0 Å². The third-order valence-corrected chi connectivity index (χ3v) is 7.00. The summed E-state index contributed by atoms with van der Waals surface area (Å²) in [5, 5.41) is 5.34. The van der Waals surface area contributed by atoms with Crippen molar-refractivity contribution in [3.05, 3.63) is 53.9 Å². The minimum atomic E-state index is 0.540. The summed E-state index contributed by atoms with van der Waals surface area (Å²) in [6.45, 7) is 6.16. The lowest BCUT2D eigenvalue weighted by Gasteiger charge is -2.33. The molecule has 0 amide bonds. The van der Waals surface area contributed by atoms with Crippen molar-refractivity contribution in [2.75, 3.05) is 43.4 Å². The number of piperazine rings is 1. The highest BCUT2D eigenvalue weighted by molar-refractivity contribution is 7.18. The zero-order chi connectivity index (χ0) is 22.4. The summed E-state index contributed by atoms with van der Waals surface area (Å²) >= 11 is 1.71. The number of thiazole rings is 1. The number of likely N-dealkylation sites (N-methyl/N-ethyl adjacent to an activating group) is 1. The highest BCUT2D eigenvalue weighted by Crippen LogP contribution is 2.32. The number of hydrogen-bond donors (Lipinski definition) is 2. The van der Waals surface area contributed by atoms with Gasteiger partial charge in [-0.15, -0.1) is 11.3 Å². The van der Waals surface area contributed by atoms with Gasteiger partial charge >= 0.3 is 0 Å². The quantitative estimate of drug-likeness (QED) is 0.414. The standard InChI is InChI=1S/C24H24N8S/c1-15-28-20-5-3-16(11-21(20)33-15)18-13-26-23-19(18)14-27-24(30-23)29-17-4-6-22(25-12-17)32-9-7-31(2)8-10-32/h3-6,11-14H,7-10H2,1-2H3,(H2,26,27,29,30). The number of anilines is 3. The third-order valence-electron chi connectivity index (χ3n) is 6.07. The largest absolute Gasteiger partial charge is 0.354 e. The van der Waals surface area contributed by atoms with Crippen molar-refractivity contribution in [3.63, 3.8) is 0 Å². The van der Waals surface area contributed by atoms with Crippen molar-refractivity contribution >= 4 is 50.0 Å². The van der Waals surface area contributed by atoms with Crippen LogP contribution in [0.4, 0.5) is 17.5 Å². The van der Waals surface area contributed by atoms with Crippen LogP contribution in [0.5, 0.6) is 0 Å². The molecule has 2 N–H and O–H groups in total. The molecule has 0 saturated carbocycles. The van der Waals surface area contributed by atoms with E-state index in [1.54, 1.807) is 11.3 Å². The molecule has 0 atom stereocenters. The van der Waals surface area contributed by atoms with E-state index >= 15 is 0 Å². The predicted molar refractivity (Wildman–Crippen MR) is 134 cm³/mol. The zero-order valence-electron chi connectivity index (χ0n) is 18.5. The first-order valence-electron chi connectivity index (χ1n) is 11.0. The number of nitrogens with one attached hydrogen (secondary N) is 2. The first-order chi connectivity index (χ1) is 16.1. The number of rotatable bonds is 4. The molecule has 1 aromatic carbocycles. The van der Waals surface area contributed by atoms with E-state index in [-0.39, 0.29) is 0 Å². The Balaban J connectivity index is 1.22. The van der Waals surface area contributed by atoms with E-state index < -0.39 is 0 Å². The average Bonchev–Trinajstić information content (AvgIpc) is 3.41. The van der Waals surface area contributed by atoms with Crippen LogP contribution >= 0.6 is 11.3 Å². The van der Waals surface area contributed by atoms with Gasteiger partial charge in [0.25, 0.3) is 0 Å². The second kappa shape index (κ2) is 8.09. The van der Waals surface area contributed by atoms with Gasteiger partial charge in [0, 0.05) is 49.5 Å². The maximum Gasteiger partial charge on any atom is 0.229 e. The highest BCUT2D eigenvalue weighted by Gasteiger charge is 2.15. The predicted octanol–water partition coefficient (Wildman–Crippen LogP) is 4.43. The molecule has 6 rings (SSSR count). The first-order valence-corrected chi connectivity index (χ1v) is 11.8. The lowest BCUT2D eigenvalue weighted by atomic mass is 10.1. The molecule has 4 aromatic heterocycles. The summed E-state index contributed by atoms with van der Waals surface area (Å²) in [5.74, 6) is 1.55. The Morgan fingerprint density at radius 1 is 1.00 bits per heavy atom. The number of nitrogens with zero attached hydrogens (tertiary/aromatic N) is 6. The van der Waals surface area contributed by atoms with Crippen molar-refractivity contribution in [2.45, 2.75) is 6.92 Å².